The van der Waals surface area contributed by atoms with E-state index in [1.807, 2.05) is 17.8 Å². The topological polar surface area (TPSA) is 9.23 Å². The van der Waals surface area contributed by atoms with Gasteiger partial charge in [0.25, 0.3) is 0 Å². The molecule has 0 aromatic carbocycles. The summed E-state index contributed by atoms with van der Waals surface area (Å²) in [5.41, 5.74) is 0.373. The zero-order chi connectivity index (χ0) is 5.98. The second-order valence-electron chi connectivity index (χ2n) is 1.81. The second-order valence-corrected chi connectivity index (χ2v) is 3.14. The molecule has 0 aromatic heterocycles. The SMILES string of the molecule is C=CC1CSC(C)O1. The van der Waals surface area contributed by atoms with E-state index in [2.05, 4.69) is 13.5 Å². The standard InChI is InChI=1S/C6H10OS/c1-3-6-4-8-5(2)7-6/h3,5-6H,1,4H2,2H3. The molecule has 1 saturated heterocycles. The predicted molar refractivity (Wildman–Crippen MR) is 37.0 cm³/mol. The lowest BCUT2D eigenvalue weighted by Crippen LogP contribution is -2.05. The monoisotopic (exact) mass is 130 g/mol. The van der Waals surface area contributed by atoms with Crippen LogP contribution in [0.4, 0.5) is 0 Å². The molecule has 0 saturated carbocycles. The van der Waals surface area contributed by atoms with Crippen LogP contribution in [0.2, 0.25) is 0 Å². The van der Waals surface area contributed by atoms with Gasteiger partial charge in [0.1, 0.15) is 5.44 Å². The van der Waals surface area contributed by atoms with Crippen molar-refractivity contribution < 1.29 is 4.74 Å². The van der Waals surface area contributed by atoms with Crippen LogP contribution < -0.4 is 0 Å². The van der Waals surface area contributed by atoms with E-state index in [-0.39, 0.29) is 0 Å². The quantitative estimate of drug-likeness (QED) is 0.499. The van der Waals surface area contributed by atoms with Crippen molar-refractivity contribution in [2.24, 2.45) is 0 Å². The minimum absolute atomic E-state index is 0.301. The Morgan fingerprint density at radius 3 is 2.88 bits per heavy atom. The lowest BCUT2D eigenvalue weighted by atomic mass is 10.4. The first kappa shape index (κ1) is 6.17. The van der Waals surface area contributed by atoms with Crippen molar-refractivity contribution in [2.45, 2.75) is 18.5 Å². The Kier molecular flexibility index (Phi) is 1.97. The van der Waals surface area contributed by atoms with E-state index in [4.69, 9.17) is 4.74 Å². The molecule has 1 aliphatic rings. The fraction of sp³-hybridized carbons (Fsp3) is 0.667. The highest BCUT2D eigenvalue weighted by atomic mass is 32.2. The molecule has 1 aliphatic heterocycles. The summed E-state index contributed by atoms with van der Waals surface area (Å²) in [4.78, 5) is 0. The molecule has 2 atom stereocenters. The van der Waals surface area contributed by atoms with Crippen LogP contribution in [0, 0.1) is 0 Å². The van der Waals surface area contributed by atoms with Crippen molar-refractivity contribution in [1.29, 1.82) is 0 Å². The van der Waals surface area contributed by atoms with Gasteiger partial charge in [0.15, 0.2) is 0 Å². The first-order valence-electron chi connectivity index (χ1n) is 2.72. The number of hydrogen-bond acceptors (Lipinski definition) is 2. The Bertz CT molecular complexity index is 92.5. The Hall–Kier alpha value is 0.0500. The fourth-order valence-electron chi connectivity index (χ4n) is 0.679. The number of hydrogen-bond donors (Lipinski definition) is 0. The van der Waals surface area contributed by atoms with Gasteiger partial charge in [0.2, 0.25) is 0 Å². The van der Waals surface area contributed by atoms with E-state index in [9.17, 15) is 0 Å². The van der Waals surface area contributed by atoms with E-state index in [1.54, 1.807) is 0 Å². The molecule has 0 aromatic rings. The average molecular weight is 130 g/mol. The number of rotatable bonds is 1. The highest BCUT2D eigenvalue weighted by Gasteiger charge is 2.18. The van der Waals surface area contributed by atoms with Gasteiger partial charge in [-0.2, -0.15) is 0 Å². The Morgan fingerprint density at radius 1 is 1.88 bits per heavy atom. The molecule has 2 heteroatoms. The zero-order valence-electron chi connectivity index (χ0n) is 4.96. The molecule has 0 aliphatic carbocycles. The van der Waals surface area contributed by atoms with Crippen LogP contribution in [0.1, 0.15) is 6.92 Å². The smallest absolute Gasteiger partial charge is 0.101 e. The van der Waals surface area contributed by atoms with Gasteiger partial charge in [-0.25, -0.2) is 0 Å². The lowest BCUT2D eigenvalue weighted by Gasteiger charge is -2.01. The number of thioether (sulfide) groups is 1. The molecule has 8 heavy (non-hydrogen) atoms. The van der Waals surface area contributed by atoms with Gasteiger partial charge in [-0.05, 0) is 6.92 Å². The van der Waals surface area contributed by atoms with Crippen LogP contribution >= 0.6 is 11.8 Å². The third kappa shape index (κ3) is 1.26. The summed E-state index contributed by atoms with van der Waals surface area (Å²) in [6.07, 6.45) is 2.16. The summed E-state index contributed by atoms with van der Waals surface area (Å²) in [5.74, 6) is 1.07. The highest BCUT2D eigenvalue weighted by molar-refractivity contribution is 8.00. The van der Waals surface area contributed by atoms with Crippen LogP contribution in [-0.4, -0.2) is 17.3 Å². The molecule has 0 N–H and O–H groups in total. The predicted octanol–water partition coefficient (Wildman–Crippen LogP) is 1.65. The summed E-state index contributed by atoms with van der Waals surface area (Å²) in [7, 11) is 0. The van der Waals surface area contributed by atoms with Crippen molar-refractivity contribution in [1.82, 2.24) is 0 Å². The Labute approximate surface area is 54.1 Å². The largest absolute Gasteiger partial charge is 0.360 e. The van der Waals surface area contributed by atoms with Crippen molar-refractivity contribution in [3.63, 3.8) is 0 Å². The molecule has 1 heterocycles. The first-order valence-corrected chi connectivity index (χ1v) is 3.77. The summed E-state index contributed by atoms with van der Waals surface area (Å²) in [6, 6.07) is 0. The van der Waals surface area contributed by atoms with Crippen LogP contribution in [-0.2, 0) is 4.74 Å². The minimum atomic E-state index is 0.301. The second kappa shape index (κ2) is 2.55. The van der Waals surface area contributed by atoms with Crippen molar-refractivity contribution >= 4 is 11.8 Å². The summed E-state index contributed by atoms with van der Waals surface area (Å²) >= 11 is 1.84. The summed E-state index contributed by atoms with van der Waals surface area (Å²) < 4.78 is 5.36. The lowest BCUT2D eigenvalue weighted by molar-refractivity contribution is 0.107. The molecule has 0 amide bonds. The Morgan fingerprint density at radius 2 is 2.62 bits per heavy atom. The maximum Gasteiger partial charge on any atom is 0.101 e. The molecular formula is C6H10OS. The average Bonchev–Trinajstić information content (AvgIpc) is 2.14. The van der Waals surface area contributed by atoms with Crippen molar-refractivity contribution in [3.8, 4) is 0 Å². The van der Waals surface area contributed by atoms with Crippen LogP contribution in [0.25, 0.3) is 0 Å². The van der Waals surface area contributed by atoms with E-state index in [1.165, 1.54) is 0 Å². The van der Waals surface area contributed by atoms with E-state index >= 15 is 0 Å². The van der Waals surface area contributed by atoms with Gasteiger partial charge in [-0.15, -0.1) is 18.3 Å². The zero-order valence-corrected chi connectivity index (χ0v) is 5.78. The summed E-state index contributed by atoms with van der Waals surface area (Å²) in [6.45, 7) is 5.70. The van der Waals surface area contributed by atoms with Gasteiger partial charge < -0.3 is 4.74 Å². The third-order valence-corrected chi connectivity index (χ3v) is 2.23. The molecular weight excluding hydrogens is 120 g/mol. The van der Waals surface area contributed by atoms with Gasteiger partial charge in [-0.3, -0.25) is 0 Å². The molecule has 1 fully saturated rings. The molecule has 0 bridgehead atoms. The third-order valence-electron chi connectivity index (χ3n) is 1.12. The van der Waals surface area contributed by atoms with E-state index < -0.39 is 0 Å². The minimum Gasteiger partial charge on any atom is -0.360 e. The number of ether oxygens (including phenoxy) is 1. The van der Waals surface area contributed by atoms with Crippen molar-refractivity contribution in [3.05, 3.63) is 12.7 Å². The van der Waals surface area contributed by atoms with Gasteiger partial charge in [0.05, 0.1) is 6.10 Å². The van der Waals surface area contributed by atoms with Gasteiger partial charge in [-0.1, -0.05) is 6.08 Å². The fourth-order valence-corrected chi connectivity index (χ4v) is 1.58. The van der Waals surface area contributed by atoms with Gasteiger partial charge >= 0.3 is 0 Å². The normalized spacial score (nSPS) is 37.6. The Balaban J connectivity index is 2.32. The van der Waals surface area contributed by atoms with E-state index in [0.717, 1.165) is 5.75 Å². The van der Waals surface area contributed by atoms with E-state index in [0.29, 0.717) is 11.5 Å². The summed E-state index contributed by atoms with van der Waals surface area (Å²) in [5, 5.41) is 0. The molecule has 0 radical (unpaired) electrons. The van der Waals surface area contributed by atoms with Crippen LogP contribution in [0.5, 0.6) is 0 Å². The van der Waals surface area contributed by atoms with Crippen LogP contribution in [0.15, 0.2) is 12.7 Å². The molecule has 46 valence electrons. The molecule has 2 unspecified atom stereocenters. The first-order chi connectivity index (χ1) is 3.83. The molecule has 1 rings (SSSR count). The maximum atomic E-state index is 5.36. The molecule has 1 nitrogen and oxygen atoms in total. The molecule has 0 spiro atoms. The van der Waals surface area contributed by atoms with Crippen molar-refractivity contribution in [2.75, 3.05) is 5.75 Å². The van der Waals surface area contributed by atoms with Crippen LogP contribution in [0.3, 0.4) is 0 Å². The maximum absolute atomic E-state index is 5.36. The highest BCUT2D eigenvalue weighted by Crippen LogP contribution is 2.24. The van der Waals surface area contributed by atoms with Gasteiger partial charge in [0, 0.05) is 5.75 Å².